The van der Waals surface area contributed by atoms with Crippen LogP contribution >= 0.6 is 0 Å². The zero-order valence-corrected chi connectivity index (χ0v) is 23.4. The highest BCUT2D eigenvalue weighted by Gasteiger charge is 2.14. The molecule has 1 heterocycles. The molecule has 3 rings (SSSR count). The number of rotatable bonds is 13. The Bertz CT molecular complexity index is 1090. The Balaban J connectivity index is 1.50. The Morgan fingerprint density at radius 1 is 1.22 bits per heavy atom. The normalized spacial score (nSPS) is 18.1. The van der Waals surface area contributed by atoms with E-state index < -0.39 is 0 Å². The Labute approximate surface area is 219 Å². The number of hydrogen-bond acceptors (Lipinski definition) is 3. The lowest BCUT2D eigenvalue weighted by Crippen LogP contribution is -2.26. The van der Waals surface area contributed by atoms with Crippen molar-refractivity contribution in [3.8, 4) is 0 Å². The van der Waals surface area contributed by atoms with Crippen molar-refractivity contribution < 1.29 is 0 Å². The van der Waals surface area contributed by atoms with Gasteiger partial charge in [-0.1, -0.05) is 62.8 Å². The maximum Gasteiger partial charge on any atom is 0.141 e. The molecule has 2 atom stereocenters. The van der Waals surface area contributed by atoms with Gasteiger partial charge in [0.1, 0.15) is 5.82 Å². The fraction of sp³-hybridized carbons (Fsp3) is 0.562. The number of fused-ring (bicyclic) bond motifs is 1. The summed E-state index contributed by atoms with van der Waals surface area (Å²) >= 11 is 0. The van der Waals surface area contributed by atoms with E-state index in [0.717, 1.165) is 40.5 Å². The molecule has 1 aromatic carbocycles. The van der Waals surface area contributed by atoms with Gasteiger partial charge in [0.05, 0.1) is 16.6 Å². The van der Waals surface area contributed by atoms with E-state index in [9.17, 15) is 0 Å². The Hall–Kier alpha value is -2.62. The van der Waals surface area contributed by atoms with E-state index in [2.05, 4.69) is 67.8 Å². The Kier molecular flexibility index (Phi) is 11.0. The summed E-state index contributed by atoms with van der Waals surface area (Å²) in [6.07, 6.45) is 20.9. The fourth-order valence-corrected chi connectivity index (χ4v) is 5.59. The standard InChI is InChI=1S/C32H48N4/c1-7-26-15-13-16-27(19-18-26)14-11-9-10-12-17-28(8-2)34-25(5)29(22-33-6)32-35-30-21-23(3)20-24(4)31(30)36-32/h8,15,20-22,27-28,34H,2,7,9-14,16-19H2,1,3-6H3,(H,35,36). The molecule has 0 amide bonds. The maximum atomic E-state index is 4.90. The van der Waals surface area contributed by atoms with Crippen LogP contribution in [0.1, 0.15) is 101 Å². The van der Waals surface area contributed by atoms with Crippen molar-refractivity contribution in [2.45, 2.75) is 104 Å². The van der Waals surface area contributed by atoms with Crippen LogP contribution in [0.25, 0.3) is 16.6 Å². The zero-order chi connectivity index (χ0) is 25.9. The van der Waals surface area contributed by atoms with Crippen LogP contribution in [0.4, 0.5) is 0 Å². The molecule has 1 aliphatic carbocycles. The average molecular weight is 489 g/mol. The second-order valence-corrected chi connectivity index (χ2v) is 10.7. The Morgan fingerprint density at radius 2 is 2.03 bits per heavy atom. The average Bonchev–Trinajstić information content (AvgIpc) is 3.14. The van der Waals surface area contributed by atoms with E-state index in [1.165, 1.54) is 75.3 Å². The smallest absolute Gasteiger partial charge is 0.141 e. The van der Waals surface area contributed by atoms with Gasteiger partial charge in [0.2, 0.25) is 0 Å². The second-order valence-electron chi connectivity index (χ2n) is 10.7. The molecule has 0 spiro atoms. The van der Waals surface area contributed by atoms with E-state index in [4.69, 9.17) is 4.98 Å². The van der Waals surface area contributed by atoms with Crippen molar-refractivity contribution in [2.75, 3.05) is 7.05 Å². The summed E-state index contributed by atoms with van der Waals surface area (Å²) in [7, 11) is 1.81. The number of aliphatic imine (C=N–C) groups is 1. The highest BCUT2D eigenvalue weighted by molar-refractivity contribution is 6.10. The number of aryl methyl sites for hydroxylation is 2. The summed E-state index contributed by atoms with van der Waals surface area (Å²) in [6.45, 7) is 12.8. The van der Waals surface area contributed by atoms with Gasteiger partial charge in [-0.25, -0.2) is 4.98 Å². The van der Waals surface area contributed by atoms with Crippen LogP contribution in [0, 0.1) is 19.8 Å². The third kappa shape index (κ3) is 7.94. The highest BCUT2D eigenvalue weighted by Crippen LogP contribution is 2.28. The monoisotopic (exact) mass is 488 g/mol. The quantitative estimate of drug-likeness (QED) is 0.168. The van der Waals surface area contributed by atoms with Crippen LogP contribution in [-0.4, -0.2) is 29.3 Å². The van der Waals surface area contributed by atoms with E-state index in [0.29, 0.717) is 0 Å². The minimum Gasteiger partial charge on any atom is -0.382 e. The first kappa shape index (κ1) is 28.0. The predicted molar refractivity (Wildman–Crippen MR) is 158 cm³/mol. The number of unbranched alkanes of at least 4 members (excludes halogenated alkanes) is 3. The van der Waals surface area contributed by atoms with E-state index >= 15 is 0 Å². The molecule has 0 saturated carbocycles. The lowest BCUT2D eigenvalue weighted by molar-refractivity contribution is 0.406. The molecule has 0 bridgehead atoms. The number of allylic oxidation sites excluding steroid dienone is 4. The summed E-state index contributed by atoms with van der Waals surface area (Å²) in [5, 5.41) is 3.68. The van der Waals surface area contributed by atoms with Crippen LogP contribution in [-0.2, 0) is 0 Å². The molecular weight excluding hydrogens is 440 g/mol. The minimum atomic E-state index is 0.249. The molecule has 4 heteroatoms. The van der Waals surface area contributed by atoms with Gasteiger partial charge in [-0.3, -0.25) is 4.99 Å². The first-order valence-corrected chi connectivity index (χ1v) is 14.1. The molecule has 4 nitrogen and oxygen atoms in total. The second kappa shape index (κ2) is 14.2. The summed E-state index contributed by atoms with van der Waals surface area (Å²) < 4.78 is 0. The van der Waals surface area contributed by atoms with Crippen LogP contribution in [0.15, 0.2) is 47.1 Å². The number of H-pyrrole nitrogens is 1. The van der Waals surface area contributed by atoms with Crippen LogP contribution in [0.5, 0.6) is 0 Å². The van der Waals surface area contributed by atoms with Gasteiger partial charge in [0.25, 0.3) is 0 Å². The van der Waals surface area contributed by atoms with Crippen molar-refractivity contribution in [1.29, 1.82) is 0 Å². The molecule has 2 N–H and O–H groups in total. The Morgan fingerprint density at radius 3 is 2.78 bits per heavy atom. The predicted octanol–water partition coefficient (Wildman–Crippen LogP) is 8.62. The zero-order valence-electron chi connectivity index (χ0n) is 23.4. The number of hydrogen-bond donors (Lipinski definition) is 2. The number of imidazole rings is 1. The molecule has 0 radical (unpaired) electrons. The first-order chi connectivity index (χ1) is 17.4. The van der Waals surface area contributed by atoms with Gasteiger partial charge in [0, 0.05) is 25.0 Å². The third-order valence-electron chi connectivity index (χ3n) is 7.74. The van der Waals surface area contributed by atoms with Crippen molar-refractivity contribution in [3.63, 3.8) is 0 Å². The molecule has 1 aromatic heterocycles. The van der Waals surface area contributed by atoms with E-state index in [1.54, 1.807) is 5.57 Å². The van der Waals surface area contributed by atoms with Gasteiger partial charge < -0.3 is 10.3 Å². The van der Waals surface area contributed by atoms with Crippen molar-refractivity contribution in [2.24, 2.45) is 10.9 Å². The molecule has 36 heavy (non-hydrogen) atoms. The third-order valence-corrected chi connectivity index (χ3v) is 7.74. The van der Waals surface area contributed by atoms with Gasteiger partial charge in [-0.05, 0) is 82.4 Å². The van der Waals surface area contributed by atoms with Gasteiger partial charge in [0.15, 0.2) is 0 Å². The molecule has 2 unspecified atom stereocenters. The molecule has 0 aliphatic heterocycles. The first-order valence-electron chi connectivity index (χ1n) is 14.1. The number of nitrogens with one attached hydrogen (secondary N) is 2. The van der Waals surface area contributed by atoms with Crippen LogP contribution in [0.2, 0.25) is 0 Å². The lowest BCUT2D eigenvalue weighted by Gasteiger charge is -2.18. The number of aromatic amines is 1. The summed E-state index contributed by atoms with van der Waals surface area (Å²) in [4.78, 5) is 12.7. The molecule has 0 fully saturated rings. The summed E-state index contributed by atoms with van der Waals surface area (Å²) in [5.74, 6) is 1.79. The lowest BCUT2D eigenvalue weighted by atomic mass is 9.92. The molecular formula is C32H48N4. The maximum absolute atomic E-state index is 4.90. The van der Waals surface area contributed by atoms with Gasteiger partial charge >= 0.3 is 0 Å². The number of nitrogens with zero attached hydrogens (tertiary/aromatic N) is 2. The van der Waals surface area contributed by atoms with Gasteiger partial charge in [-0.2, -0.15) is 0 Å². The fourth-order valence-electron chi connectivity index (χ4n) is 5.59. The van der Waals surface area contributed by atoms with Crippen molar-refractivity contribution >= 4 is 22.8 Å². The highest BCUT2D eigenvalue weighted by atomic mass is 15.0. The summed E-state index contributed by atoms with van der Waals surface area (Å²) in [5.41, 5.74) is 8.29. The van der Waals surface area contributed by atoms with E-state index in [-0.39, 0.29) is 6.04 Å². The van der Waals surface area contributed by atoms with Crippen molar-refractivity contribution in [3.05, 3.63) is 59.1 Å². The SMILES string of the molecule is C=CC(CCCCCCC1CCC=C(CC)CC1)NC(C)=C(C=NC)c1nc2c(C)cc(C)cc2[nH]1. The number of aromatic nitrogens is 2. The molecule has 2 aromatic rings. The van der Waals surface area contributed by atoms with Gasteiger partial charge in [-0.15, -0.1) is 6.58 Å². The largest absolute Gasteiger partial charge is 0.382 e. The molecule has 0 saturated heterocycles. The minimum absolute atomic E-state index is 0.249. The van der Waals surface area contributed by atoms with E-state index in [1.807, 2.05) is 19.3 Å². The summed E-state index contributed by atoms with van der Waals surface area (Å²) in [6, 6.07) is 4.59. The molecule has 1 aliphatic rings. The van der Waals surface area contributed by atoms with Crippen LogP contribution in [0.3, 0.4) is 0 Å². The van der Waals surface area contributed by atoms with Crippen LogP contribution < -0.4 is 5.32 Å². The topological polar surface area (TPSA) is 53.1 Å². The van der Waals surface area contributed by atoms with Crippen molar-refractivity contribution in [1.82, 2.24) is 15.3 Å². The number of benzene rings is 1. The molecule has 196 valence electrons.